The molecule has 0 amide bonds. The van der Waals surface area contributed by atoms with Crippen molar-refractivity contribution in [3.05, 3.63) is 17.7 Å². The van der Waals surface area contributed by atoms with E-state index in [0.29, 0.717) is 36.9 Å². The molecule has 1 aliphatic heterocycles. The van der Waals surface area contributed by atoms with Crippen molar-refractivity contribution in [2.45, 2.75) is 12.7 Å². The van der Waals surface area contributed by atoms with Gasteiger partial charge in [-0.1, -0.05) is 0 Å². The minimum absolute atomic E-state index is 0.192. The number of piperazine rings is 1. The summed E-state index contributed by atoms with van der Waals surface area (Å²) >= 11 is 0. The van der Waals surface area contributed by atoms with Crippen molar-refractivity contribution in [2.75, 3.05) is 73.8 Å². The fourth-order valence-corrected chi connectivity index (χ4v) is 3.22. The zero-order chi connectivity index (χ0) is 19.6. The molecule has 0 saturated carbocycles. The number of hydrogen-bond donors (Lipinski definition) is 2. The maximum atomic E-state index is 10.2. The maximum Gasteiger partial charge on any atom is 0.203 e. The van der Waals surface area contributed by atoms with Crippen LogP contribution in [-0.4, -0.2) is 99.9 Å². The van der Waals surface area contributed by atoms with Gasteiger partial charge < -0.3 is 29.2 Å². The number of nitrogens with zero attached hydrogens (tertiary/aromatic N) is 2. The van der Waals surface area contributed by atoms with Crippen molar-refractivity contribution >= 4 is 0 Å². The Morgan fingerprint density at radius 2 is 1.56 bits per heavy atom. The smallest absolute Gasteiger partial charge is 0.203 e. The Hall–Kier alpha value is -1.58. The molecule has 154 valence electrons. The number of β-amino-alcohol motifs (C(OH)–C–C–N with tert-alkyl or cyclic N) is 2. The first-order valence-electron chi connectivity index (χ1n) is 9.21. The molecule has 0 bridgehead atoms. The number of ether oxygens (including phenoxy) is 4. The Morgan fingerprint density at radius 3 is 2.07 bits per heavy atom. The average molecular weight is 384 g/mol. The van der Waals surface area contributed by atoms with Crippen molar-refractivity contribution in [1.82, 2.24) is 9.80 Å². The summed E-state index contributed by atoms with van der Waals surface area (Å²) in [6.07, 6.45) is -0.545. The summed E-state index contributed by atoms with van der Waals surface area (Å²) < 4.78 is 21.7. The summed E-state index contributed by atoms with van der Waals surface area (Å²) in [5, 5.41) is 19.2. The molecule has 1 fully saturated rings. The average Bonchev–Trinajstić information content (AvgIpc) is 2.68. The molecule has 1 heterocycles. The largest absolute Gasteiger partial charge is 0.493 e. The van der Waals surface area contributed by atoms with Crippen LogP contribution in [0.3, 0.4) is 0 Å². The molecule has 8 nitrogen and oxygen atoms in total. The molecule has 1 aliphatic rings. The van der Waals surface area contributed by atoms with Crippen LogP contribution in [0.25, 0.3) is 0 Å². The minimum atomic E-state index is -0.545. The van der Waals surface area contributed by atoms with E-state index < -0.39 is 6.10 Å². The van der Waals surface area contributed by atoms with E-state index in [1.54, 1.807) is 21.3 Å². The standard InChI is InChI=1S/C19H32N2O6/c1-24-17-10-15(11-18(25-2)19(17)26-3)13-27-14-16(23)12-21-6-4-20(5-7-21)8-9-22/h10-11,16,22-23H,4-9,12-14H2,1-3H3/t16-/m0/s1. The third-order valence-corrected chi connectivity index (χ3v) is 4.65. The lowest BCUT2D eigenvalue weighted by atomic mass is 10.2. The van der Waals surface area contributed by atoms with Crippen LogP contribution in [0.15, 0.2) is 12.1 Å². The third kappa shape index (κ3) is 6.51. The van der Waals surface area contributed by atoms with Crippen molar-refractivity contribution < 1.29 is 29.2 Å². The van der Waals surface area contributed by atoms with E-state index >= 15 is 0 Å². The molecule has 2 rings (SSSR count). The summed E-state index contributed by atoms with van der Waals surface area (Å²) in [4.78, 5) is 4.45. The second-order valence-electron chi connectivity index (χ2n) is 6.57. The zero-order valence-electron chi connectivity index (χ0n) is 16.5. The maximum absolute atomic E-state index is 10.2. The molecule has 0 radical (unpaired) electrons. The van der Waals surface area contributed by atoms with E-state index in [-0.39, 0.29) is 13.2 Å². The molecule has 1 aromatic carbocycles. The van der Waals surface area contributed by atoms with Gasteiger partial charge in [0.05, 0.1) is 47.3 Å². The van der Waals surface area contributed by atoms with E-state index in [9.17, 15) is 5.11 Å². The van der Waals surface area contributed by atoms with E-state index in [1.165, 1.54) is 0 Å². The lowest BCUT2D eigenvalue weighted by molar-refractivity contribution is 0.000450. The first kappa shape index (κ1) is 21.7. The van der Waals surface area contributed by atoms with Gasteiger partial charge in [0.25, 0.3) is 0 Å². The minimum Gasteiger partial charge on any atom is -0.493 e. The Kier molecular flexibility index (Phi) is 9.09. The molecule has 1 atom stereocenters. The molecule has 27 heavy (non-hydrogen) atoms. The Bertz CT molecular complexity index is 538. The lowest BCUT2D eigenvalue weighted by Gasteiger charge is -2.35. The number of methoxy groups -OCH3 is 3. The SMILES string of the molecule is COc1cc(COC[C@@H](O)CN2CCN(CCO)CC2)cc(OC)c1OC. The van der Waals surface area contributed by atoms with Gasteiger partial charge in [-0.15, -0.1) is 0 Å². The van der Waals surface area contributed by atoms with Crippen molar-refractivity contribution in [1.29, 1.82) is 0 Å². The molecule has 1 aromatic rings. The number of rotatable bonds is 11. The third-order valence-electron chi connectivity index (χ3n) is 4.65. The van der Waals surface area contributed by atoms with Gasteiger partial charge in [-0.05, 0) is 17.7 Å². The van der Waals surface area contributed by atoms with Crippen LogP contribution < -0.4 is 14.2 Å². The summed E-state index contributed by atoms with van der Waals surface area (Å²) in [5.74, 6) is 1.71. The van der Waals surface area contributed by atoms with Crippen LogP contribution >= 0.6 is 0 Å². The van der Waals surface area contributed by atoms with Crippen molar-refractivity contribution in [2.24, 2.45) is 0 Å². The Labute approximate surface area is 161 Å². The van der Waals surface area contributed by atoms with Crippen LogP contribution in [0.2, 0.25) is 0 Å². The Morgan fingerprint density at radius 1 is 0.963 bits per heavy atom. The molecule has 0 spiro atoms. The topological polar surface area (TPSA) is 83.9 Å². The van der Waals surface area contributed by atoms with Crippen LogP contribution in [0, 0.1) is 0 Å². The van der Waals surface area contributed by atoms with Gasteiger partial charge in [-0.3, -0.25) is 9.80 Å². The molecule has 1 saturated heterocycles. The summed E-state index contributed by atoms with van der Waals surface area (Å²) in [6.45, 7) is 5.71. The van der Waals surface area contributed by atoms with Crippen LogP contribution in [0.5, 0.6) is 17.2 Å². The molecule has 8 heteroatoms. The predicted octanol–water partition coefficient (Wildman–Crippen LogP) is 0.200. The van der Waals surface area contributed by atoms with Gasteiger partial charge in [-0.2, -0.15) is 0 Å². The number of benzene rings is 1. The first-order chi connectivity index (χ1) is 13.1. The molecule has 2 N–H and O–H groups in total. The second kappa shape index (κ2) is 11.3. The molecule has 0 aromatic heterocycles. The van der Waals surface area contributed by atoms with Crippen LogP contribution in [0.4, 0.5) is 0 Å². The van der Waals surface area contributed by atoms with Gasteiger partial charge in [0.1, 0.15) is 0 Å². The quantitative estimate of drug-likeness (QED) is 0.560. The summed E-state index contributed by atoms with van der Waals surface area (Å²) in [5.41, 5.74) is 0.884. The highest BCUT2D eigenvalue weighted by atomic mass is 16.5. The highest BCUT2D eigenvalue weighted by Crippen LogP contribution is 2.38. The van der Waals surface area contributed by atoms with E-state index in [0.717, 1.165) is 31.7 Å². The second-order valence-corrected chi connectivity index (χ2v) is 6.57. The molecular weight excluding hydrogens is 352 g/mol. The van der Waals surface area contributed by atoms with Crippen LogP contribution in [0.1, 0.15) is 5.56 Å². The van der Waals surface area contributed by atoms with Crippen molar-refractivity contribution in [3.8, 4) is 17.2 Å². The Balaban J connectivity index is 1.77. The lowest BCUT2D eigenvalue weighted by Crippen LogP contribution is -2.49. The van der Waals surface area contributed by atoms with Crippen LogP contribution in [-0.2, 0) is 11.3 Å². The highest BCUT2D eigenvalue weighted by molar-refractivity contribution is 5.53. The van der Waals surface area contributed by atoms with Gasteiger partial charge in [0, 0.05) is 39.3 Å². The molecular formula is C19H32N2O6. The normalized spacial score (nSPS) is 16.9. The van der Waals surface area contributed by atoms with Gasteiger partial charge in [0.2, 0.25) is 5.75 Å². The van der Waals surface area contributed by atoms with Crippen molar-refractivity contribution in [3.63, 3.8) is 0 Å². The summed E-state index contributed by atoms with van der Waals surface area (Å²) in [7, 11) is 4.72. The monoisotopic (exact) mass is 384 g/mol. The summed E-state index contributed by atoms with van der Waals surface area (Å²) in [6, 6.07) is 3.68. The van der Waals surface area contributed by atoms with E-state index in [4.69, 9.17) is 24.1 Å². The number of aliphatic hydroxyl groups excluding tert-OH is 2. The fourth-order valence-electron chi connectivity index (χ4n) is 3.22. The first-order valence-corrected chi connectivity index (χ1v) is 9.21. The predicted molar refractivity (Wildman–Crippen MR) is 102 cm³/mol. The molecule has 0 aliphatic carbocycles. The van der Waals surface area contributed by atoms with E-state index in [1.807, 2.05) is 12.1 Å². The van der Waals surface area contributed by atoms with Gasteiger partial charge in [0.15, 0.2) is 11.5 Å². The van der Waals surface area contributed by atoms with Gasteiger partial charge in [-0.25, -0.2) is 0 Å². The fraction of sp³-hybridized carbons (Fsp3) is 0.684. The number of aliphatic hydroxyl groups is 2. The van der Waals surface area contributed by atoms with E-state index in [2.05, 4.69) is 9.80 Å². The zero-order valence-corrected chi connectivity index (χ0v) is 16.5. The van der Waals surface area contributed by atoms with Gasteiger partial charge >= 0.3 is 0 Å². The molecule has 0 unspecified atom stereocenters. The highest BCUT2D eigenvalue weighted by Gasteiger charge is 2.19. The number of hydrogen-bond acceptors (Lipinski definition) is 8.